The summed E-state index contributed by atoms with van der Waals surface area (Å²) in [4.78, 5) is -0.513. The highest BCUT2D eigenvalue weighted by Gasteiger charge is 2.32. The van der Waals surface area contributed by atoms with Crippen molar-refractivity contribution in [1.82, 2.24) is 10.0 Å². The lowest BCUT2D eigenvalue weighted by Crippen LogP contribution is -2.37. The molecule has 0 saturated carbocycles. The second kappa shape index (κ2) is 7.64. The van der Waals surface area contributed by atoms with Gasteiger partial charge in [-0.1, -0.05) is 11.6 Å². The van der Waals surface area contributed by atoms with Crippen molar-refractivity contribution in [3.63, 3.8) is 0 Å². The van der Waals surface area contributed by atoms with E-state index in [4.69, 9.17) is 11.6 Å². The molecule has 0 amide bonds. The van der Waals surface area contributed by atoms with Crippen molar-refractivity contribution in [2.24, 2.45) is 0 Å². The molecule has 0 heterocycles. The molecule has 0 saturated heterocycles. The van der Waals surface area contributed by atoms with E-state index in [1.165, 1.54) is 0 Å². The lowest BCUT2D eigenvalue weighted by atomic mass is 10.2. The molecule has 0 bridgehead atoms. The molecule has 1 rings (SSSR count). The quantitative estimate of drug-likeness (QED) is 0.842. The molecule has 0 aliphatic carbocycles. The molecule has 21 heavy (non-hydrogen) atoms. The van der Waals surface area contributed by atoms with Gasteiger partial charge in [-0.2, -0.15) is 13.2 Å². The molecule has 1 unspecified atom stereocenters. The summed E-state index contributed by atoms with van der Waals surface area (Å²) < 4.78 is 63.9. The van der Waals surface area contributed by atoms with Crippen LogP contribution >= 0.6 is 24.0 Å². The molecule has 4 nitrogen and oxygen atoms in total. The molecule has 1 atom stereocenters. The molecule has 1 aromatic rings. The first-order valence-corrected chi connectivity index (χ1v) is 7.47. The molecular formula is C11H15Cl2F3N2O2S. The average molecular weight is 367 g/mol. The molecule has 2 N–H and O–H groups in total. The number of likely N-dealkylation sites (N-methyl/N-ethyl adjacent to an activating group) is 1. The molecular weight excluding hydrogens is 352 g/mol. The molecule has 0 aromatic heterocycles. The molecule has 0 radical (unpaired) electrons. The van der Waals surface area contributed by atoms with Gasteiger partial charge in [0.2, 0.25) is 10.0 Å². The van der Waals surface area contributed by atoms with E-state index < -0.39 is 26.7 Å². The Morgan fingerprint density at radius 1 is 1.29 bits per heavy atom. The van der Waals surface area contributed by atoms with E-state index in [0.717, 1.165) is 6.07 Å². The van der Waals surface area contributed by atoms with Crippen molar-refractivity contribution in [1.29, 1.82) is 0 Å². The molecule has 0 spiro atoms. The van der Waals surface area contributed by atoms with Gasteiger partial charge in [0.15, 0.2) is 0 Å². The maximum atomic E-state index is 12.6. The van der Waals surface area contributed by atoms with Crippen LogP contribution < -0.4 is 10.0 Å². The molecule has 122 valence electrons. The summed E-state index contributed by atoms with van der Waals surface area (Å²) in [6.45, 7) is 1.77. The number of alkyl halides is 3. The van der Waals surface area contributed by atoms with Gasteiger partial charge in [-0.15, -0.1) is 12.4 Å². The monoisotopic (exact) mass is 366 g/mol. The maximum absolute atomic E-state index is 12.6. The van der Waals surface area contributed by atoms with Gasteiger partial charge in [0.05, 0.1) is 10.5 Å². The van der Waals surface area contributed by atoms with Crippen molar-refractivity contribution < 1.29 is 21.6 Å². The minimum atomic E-state index is -4.66. The summed E-state index contributed by atoms with van der Waals surface area (Å²) in [7, 11) is -2.41. The van der Waals surface area contributed by atoms with Crippen molar-refractivity contribution in [3.8, 4) is 0 Å². The van der Waals surface area contributed by atoms with Crippen LogP contribution in [-0.2, 0) is 16.2 Å². The third kappa shape index (κ3) is 5.99. The van der Waals surface area contributed by atoms with E-state index in [1.54, 1.807) is 14.0 Å². The van der Waals surface area contributed by atoms with Crippen molar-refractivity contribution in [3.05, 3.63) is 28.8 Å². The lowest BCUT2D eigenvalue weighted by molar-refractivity contribution is -0.137. The Labute approximate surface area is 132 Å². The highest BCUT2D eigenvalue weighted by atomic mass is 35.5. The highest BCUT2D eigenvalue weighted by Crippen LogP contribution is 2.32. The SMILES string of the molecule is CNC(C)CNS(=O)(=O)c1cc(Cl)cc(C(F)(F)F)c1.Cl. The zero-order valence-corrected chi connectivity index (χ0v) is 13.6. The third-order valence-electron chi connectivity index (χ3n) is 2.58. The van der Waals surface area contributed by atoms with E-state index in [-0.39, 0.29) is 30.0 Å². The van der Waals surface area contributed by atoms with Gasteiger partial charge in [-0.3, -0.25) is 0 Å². The Bertz CT molecular complexity index is 579. The minimum Gasteiger partial charge on any atom is -0.316 e. The number of sulfonamides is 1. The first kappa shape index (κ1) is 20.5. The van der Waals surface area contributed by atoms with Gasteiger partial charge in [0.1, 0.15) is 0 Å². The zero-order valence-electron chi connectivity index (χ0n) is 11.2. The summed E-state index contributed by atoms with van der Waals surface area (Å²) in [6, 6.07) is 2.05. The van der Waals surface area contributed by atoms with Gasteiger partial charge in [-0.05, 0) is 32.2 Å². The van der Waals surface area contributed by atoms with E-state index >= 15 is 0 Å². The van der Waals surface area contributed by atoms with Crippen LogP contribution in [0.15, 0.2) is 23.1 Å². The Morgan fingerprint density at radius 3 is 2.33 bits per heavy atom. The number of hydrogen-bond donors (Lipinski definition) is 2. The van der Waals surface area contributed by atoms with Crippen LogP contribution in [0.1, 0.15) is 12.5 Å². The number of nitrogens with one attached hydrogen (secondary N) is 2. The van der Waals surface area contributed by atoms with Gasteiger partial charge in [0, 0.05) is 17.6 Å². The molecule has 0 aliphatic heterocycles. The Kier molecular flexibility index (Phi) is 7.44. The number of benzene rings is 1. The largest absolute Gasteiger partial charge is 0.416 e. The van der Waals surface area contributed by atoms with Crippen LogP contribution in [0.4, 0.5) is 13.2 Å². The molecule has 10 heteroatoms. The van der Waals surface area contributed by atoms with Crippen LogP contribution in [0.25, 0.3) is 0 Å². The minimum absolute atomic E-state index is 0. The third-order valence-corrected chi connectivity index (χ3v) is 4.20. The molecule has 1 aromatic carbocycles. The fraction of sp³-hybridized carbons (Fsp3) is 0.455. The van der Waals surface area contributed by atoms with Crippen LogP contribution in [0, 0.1) is 0 Å². The lowest BCUT2D eigenvalue weighted by Gasteiger charge is -2.13. The van der Waals surface area contributed by atoms with E-state index in [1.807, 2.05) is 0 Å². The van der Waals surface area contributed by atoms with Gasteiger partial charge < -0.3 is 5.32 Å². The van der Waals surface area contributed by atoms with Crippen molar-refractivity contribution in [2.45, 2.75) is 24.0 Å². The molecule has 0 fully saturated rings. The molecule has 0 aliphatic rings. The van der Waals surface area contributed by atoms with E-state index in [2.05, 4.69) is 10.0 Å². The zero-order chi connectivity index (χ0) is 15.6. The van der Waals surface area contributed by atoms with Gasteiger partial charge in [0.25, 0.3) is 0 Å². The fourth-order valence-corrected chi connectivity index (χ4v) is 2.80. The summed E-state index contributed by atoms with van der Waals surface area (Å²) in [5, 5.41) is 2.51. The standard InChI is InChI=1S/C11H14ClF3N2O2S.ClH/c1-7(16-2)6-17-20(18,19)10-4-8(11(13,14)15)3-9(12)5-10;/h3-5,7,16-17H,6H2,1-2H3;1H. The topological polar surface area (TPSA) is 58.2 Å². The second-order valence-electron chi connectivity index (χ2n) is 4.21. The highest BCUT2D eigenvalue weighted by molar-refractivity contribution is 7.89. The Morgan fingerprint density at radius 2 is 1.86 bits per heavy atom. The van der Waals surface area contributed by atoms with E-state index in [0.29, 0.717) is 12.1 Å². The summed E-state index contributed by atoms with van der Waals surface area (Å²) >= 11 is 5.55. The Hall–Kier alpha value is -0.540. The second-order valence-corrected chi connectivity index (χ2v) is 6.42. The predicted octanol–water partition coefficient (Wildman–Crippen LogP) is 2.67. The van der Waals surface area contributed by atoms with Crippen LogP contribution in [-0.4, -0.2) is 28.1 Å². The van der Waals surface area contributed by atoms with Crippen LogP contribution in [0.3, 0.4) is 0 Å². The van der Waals surface area contributed by atoms with Crippen LogP contribution in [0.2, 0.25) is 5.02 Å². The van der Waals surface area contributed by atoms with Crippen molar-refractivity contribution >= 4 is 34.0 Å². The van der Waals surface area contributed by atoms with E-state index in [9.17, 15) is 21.6 Å². The van der Waals surface area contributed by atoms with Crippen molar-refractivity contribution in [2.75, 3.05) is 13.6 Å². The number of rotatable bonds is 5. The van der Waals surface area contributed by atoms with Crippen LogP contribution in [0.5, 0.6) is 0 Å². The summed E-state index contributed by atoms with van der Waals surface area (Å²) in [5.74, 6) is 0. The number of halogens is 5. The smallest absolute Gasteiger partial charge is 0.316 e. The maximum Gasteiger partial charge on any atom is 0.416 e. The fourth-order valence-electron chi connectivity index (χ4n) is 1.30. The van der Waals surface area contributed by atoms with Gasteiger partial charge >= 0.3 is 6.18 Å². The van der Waals surface area contributed by atoms with Gasteiger partial charge in [-0.25, -0.2) is 13.1 Å². The number of hydrogen-bond acceptors (Lipinski definition) is 3. The average Bonchev–Trinajstić information content (AvgIpc) is 2.34. The summed E-state index contributed by atoms with van der Waals surface area (Å²) in [5.41, 5.74) is -1.10. The predicted molar refractivity (Wildman–Crippen MR) is 77.4 cm³/mol. The Balaban J connectivity index is 0.00000400. The first-order chi connectivity index (χ1) is 9.06. The normalized spacial score (nSPS) is 13.6. The first-order valence-electron chi connectivity index (χ1n) is 5.61. The summed E-state index contributed by atoms with van der Waals surface area (Å²) in [6.07, 6.45) is -4.66.